The zero-order valence-electron chi connectivity index (χ0n) is 12.0. The molecule has 1 amide bonds. The van der Waals surface area contributed by atoms with Gasteiger partial charge in [-0.05, 0) is 25.0 Å². The summed E-state index contributed by atoms with van der Waals surface area (Å²) in [6.45, 7) is 0.374. The van der Waals surface area contributed by atoms with E-state index in [0.29, 0.717) is 17.9 Å². The number of para-hydroxylation sites is 1. The van der Waals surface area contributed by atoms with Crippen LogP contribution in [0.3, 0.4) is 0 Å². The summed E-state index contributed by atoms with van der Waals surface area (Å²) >= 11 is 0. The maximum absolute atomic E-state index is 12.9. The standard InChI is InChI=1S/C16H19N3O2/c1-17-15-10-13(12-4-2-3-5-14(12)18-15)16(21)19(8-9-20)11-6-7-11/h2-5,10-11,20H,6-9H2,1H3,(H,17,18). The Labute approximate surface area is 123 Å². The van der Waals surface area contributed by atoms with Crippen molar-refractivity contribution in [3.8, 4) is 0 Å². The number of fused-ring (bicyclic) bond motifs is 1. The number of pyridine rings is 1. The predicted octanol–water partition coefficient (Wildman–Crippen LogP) is 1.87. The summed E-state index contributed by atoms with van der Waals surface area (Å²) in [5.74, 6) is 0.651. The number of aromatic nitrogens is 1. The lowest BCUT2D eigenvalue weighted by Gasteiger charge is -2.22. The normalized spacial score (nSPS) is 14.2. The zero-order chi connectivity index (χ0) is 14.8. The van der Waals surface area contributed by atoms with Crippen LogP contribution >= 0.6 is 0 Å². The van der Waals surface area contributed by atoms with Crippen LogP contribution in [0.25, 0.3) is 10.9 Å². The average Bonchev–Trinajstić information content (AvgIpc) is 3.35. The first-order chi connectivity index (χ1) is 10.2. The minimum atomic E-state index is -0.0262. The fourth-order valence-electron chi connectivity index (χ4n) is 2.58. The number of hydrogen-bond acceptors (Lipinski definition) is 4. The van der Waals surface area contributed by atoms with Crippen LogP contribution in [0.2, 0.25) is 0 Å². The molecule has 1 aromatic heterocycles. The molecule has 2 aromatic rings. The van der Waals surface area contributed by atoms with Gasteiger partial charge in [-0.25, -0.2) is 4.98 Å². The molecule has 1 aliphatic rings. The quantitative estimate of drug-likeness (QED) is 0.880. The molecule has 0 atom stereocenters. The molecule has 5 nitrogen and oxygen atoms in total. The lowest BCUT2D eigenvalue weighted by Crippen LogP contribution is -2.35. The van der Waals surface area contributed by atoms with Crippen molar-refractivity contribution >= 4 is 22.6 Å². The molecule has 0 saturated heterocycles. The Hall–Kier alpha value is -2.14. The molecule has 0 unspecified atom stereocenters. The van der Waals surface area contributed by atoms with Crippen LogP contribution in [-0.2, 0) is 0 Å². The predicted molar refractivity (Wildman–Crippen MR) is 82.4 cm³/mol. The summed E-state index contributed by atoms with van der Waals surface area (Å²) in [6.07, 6.45) is 2.04. The molecule has 1 aliphatic carbocycles. The van der Waals surface area contributed by atoms with E-state index in [0.717, 1.165) is 23.7 Å². The summed E-state index contributed by atoms with van der Waals surface area (Å²) < 4.78 is 0. The lowest BCUT2D eigenvalue weighted by atomic mass is 10.1. The Morgan fingerprint density at radius 1 is 1.43 bits per heavy atom. The molecule has 0 radical (unpaired) electrons. The molecule has 0 aliphatic heterocycles. The average molecular weight is 285 g/mol. The molecule has 1 saturated carbocycles. The molecule has 1 aromatic carbocycles. The van der Waals surface area contributed by atoms with Crippen molar-refractivity contribution in [3.05, 3.63) is 35.9 Å². The van der Waals surface area contributed by atoms with Gasteiger partial charge >= 0.3 is 0 Å². The summed E-state index contributed by atoms with van der Waals surface area (Å²) in [5.41, 5.74) is 1.44. The van der Waals surface area contributed by atoms with E-state index in [4.69, 9.17) is 0 Å². The van der Waals surface area contributed by atoms with Crippen molar-refractivity contribution in [3.63, 3.8) is 0 Å². The van der Waals surface area contributed by atoms with Gasteiger partial charge in [0.2, 0.25) is 0 Å². The lowest BCUT2D eigenvalue weighted by molar-refractivity contribution is 0.0709. The highest BCUT2D eigenvalue weighted by Gasteiger charge is 2.33. The van der Waals surface area contributed by atoms with E-state index >= 15 is 0 Å². The van der Waals surface area contributed by atoms with Crippen molar-refractivity contribution in [2.75, 3.05) is 25.5 Å². The molecule has 1 heterocycles. The van der Waals surface area contributed by atoms with Gasteiger partial charge in [-0.3, -0.25) is 4.79 Å². The van der Waals surface area contributed by atoms with Gasteiger partial charge in [0.05, 0.1) is 17.7 Å². The van der Waals surface area contributed by atoms with E-state index in [9.17, 15) is 9.90 Å². The fraction of sp³-hybridized carbons (Fsp3) is 0.375. The molecule has 21 heavy (non-hydrogen) atoms. The second-order valence-electron chi connectivity index (χ2n) is 5.28. The maximum Gasteiger partial charge on any atom is 0.255 e. The van der Waals surface area contributed by atoms with Crippen LogP contribution in [0.1, 0.15) is 23.2 Å². The monoisotopic (exact) mass is 285 g/mol. The molecule has 110 valence electrons. The largest absolute Gasteiger partial charge is 0.395 e. The summed E-state index contributed by atoms with van der Waals surface area (Å²) in [6, 6.07) is 9.70. The van der Waals surface area contributed by atoms with Gasteiger partial charge in [-0.15, -0.1) is 0 Å². The molecule has 0 spiro atoms. The van der Waals surface area contributed by atoms with Gasteiger partial charge in [-0.2, -0.15) is 0 Å². The van der Waals surface area contributed by atoms with Gasteiger partial charge in [0.15, 0.2) is 0 Å². The number of nitrogens with one attached hydrogen (secondary N) is 1. The van der Waals surface area contributed by atoms with Gasteiger partial charge in [-0.1, -0.05) is 18.2 Å². The Kier molecular flexibility index (Phi) is 3.75. The number of nitrogens with zero attached hydrogens (tertiary/aromatic N) is 2. The molecule has 2 N–H and O–H groups in total. The second kappa shape index (κ2) is 5.69. The van der Waals surface area contributed by atoms with Crippen LogP contribution in [0.15, 0.2) is 30.3 Å². The Morgan fingerprint density at radius 3 is 2.86 bits per heavy atom. The first-order valence-electron chi connectivity index (χ1n) is 7.24. The maximum atomic E-state index is 12.9. The molecular formula is C16H19N3O2. The van der Waals surface area contributed by atoms with Gasteiger partial charge in [0, 0.05) is 25.0 Å². The second-order valence-corrected chi connectivity index (χ2v) is 5.28. The summed E-state index contributed by atoms with van der Waals surface area (Å²) in [4.78, 5) is 19.1. The topological polar surface area (TPSA) is 65.5 Å². The van der Waals surface area contributed by atoms with Crippen molar-refractivity contribution in [2.45, 2.75) is 18.9 Å². The number of anilines is 1. The highest BCUT2D eigenvalue weighted by atomic mass is 16.3. The Bertz CT molecular complexity index is 668. The van der Waals surface area contributed by atoms with Crippen LogP contribution in [0, 0.1) is 0 Å². The van der Waals surface area contributed by atoms with Gasteiger partial charge < -0.3 is 15.3 Å². The first-order valence-corrected chi connectivity index (χ1v) is 7.24. The van der Waals surface area contributed by atoms with Gasteiger partial charge in [0.25, 0.3) is 5.91 Å². The first kappa shape index (κ1) is 13.8. The highest BCUT2D eigenvalue weighted by Crippen LogP contribution is 2.30. The number of aliphatic hydroxyl groups excluding tert-OH is 1. The number of benzene rings is 1. The fourth-order valence-corrected chi connectivity index (χ4v) is 2.58. The van der Waals surface area contributed by atoms with Crippen LogP contribution < -0.4 is 5.32 Å². The minimum Gasteiger partial charge on any atom is -0.395 e. The third-order valence-electron chi connectivity index (χ3n) is 3.79. The molecule has 0 bridgehead atoms. The van der Waals surface area contributed by atoms with E-state index in [1.54, 1.807) is 18.0 Å². The Balaban J connectivity index is 2.07. The van der Waals surface area contributed by atoms with Crippen molar-refractivity contribution in [1.29, 1.82) is 0 Å². The minimum absolute atomic E-state index is 0.00978. The summed E-state index contributed by atoms with van der Waals surface area (Å²) in [5, 5.41) is 13.1. The van der Waals surface area contributed by atoms with E-state index in [1.165, 1.54) is 0 Å². The van der Waals surface area contributed by atoms with Crippen molar-refractivity contribution in [1.82, 2.24) is 9.88 Å². The van der Waals surface area contributed by atoms with Crippen LogP contribution in [0.5, 0.6) is 0 Å². The smallest absolute Gasteiger partial charge is 0.255 e. The SMILES string of the molecule is CNc1cc(C(=O)N(CCO)C2CC2)c2ccccc2n1. The number of hydrogen-bond donors (Lipinski definition) is 2. The van der Waals surface area contributed by atoms with Crippen molar-refractivity contribution < 1.29 is 9.90 Å². The van der Waals surface area contributed by atoms with Crippen LogP contribution in [0.4, 0.5) is 5.82 Å². The van der Waals surface area contributed by atoms with Gasteiger partial charge in [0.1, 0.15) is 5.82 Å². The summed E-state index contributed by atoms with van der Waals surface area (Å²) in [7, 11) is 1.79. The van der Waals surface area contributed by atoms with E-state index in [-0.39, 0.29) is 18.6 Å². The Morgan fingerprint density at radius 2 is 2.19 bits per heavy atom. The number of carbonyl (C=O) groups is 1. The number of carbonyl (C=O) groups excluding carboxylic acids is 1. The molecule has 5 heteroatoms. The highest BCUT2D eigenvalue weighted by molar-refractivity contribution is 6.07. The third kappa shape index (κ3) is 2.69. The number of aliphatic hydroxyl groups is 1. The zero-order valence-corrected chi connectivity index (χ0v) is 12.0. The molecule has 1 fully saturated rings. The van der Waals surface area contributed by atoms with Crippen molar-refractivity contribution in [2.24, 2.45) is 0 Å². The van der Waals surface area contributed by atoms with E-state index in [1.807, 2.05) is 24.3 Å². The third-order valence-corrected chi connectivity index (χ3v) is 3.79. The van der Waals surface area contributed by atoms with E-state index < -0.39 is 0 Å². The van der Waals surface area contributed by atoms with Crippen LogP contribution in [-0.4, -0.2) is 47.1 Å². The molecule has 3 rings (SSSR count). The van der Waals surface area contributed by atoms with E-state index in [2.05, 4.69) is 10.3 Å². The number of rotatable bonds is 5. The number of amides is 1. The molecular weight excluding hydrogens is 266 g/mol.